The molecule has 1 aromatic rings. The van der Waals surface area contributed by atoms with Gasteiger partial charge in [0.1, 0.15) is 0 Å². The lowest BCUT2D eigenvalue weighted by Crippen LogP contribution is -2.53. The Kier molecular flexibility index (Phi) is 5.30. The topological polar surface area (TPSA) is 92.6 Å². The summed E-state index contributed by atoms with van der Waals surface area (Å²) in [5.74, 6) is 0.319. The first-order chi connectivity index (χ1) is 13.3. The van der Waals surface area contributed by atoms with E-state index in [0.29, 0.717) is 55.6 Å². The second kappa shape index (κ2) is 7.46. The Morgan fingerprint density at radius 1 is 1.21 bits per heavy atom. The van der Waals surface area contributed by atoms with Gasteiger partial charge >= 0.3 is 0 Å². The third-order valence-electron chi connectivity index (χ3n) is 5.81. The molecule has 1 aromatic heterocycles. The Morgan fingerprint density at radius 2 is 1.89 bits per heavy atom. The quantitative estimate of drug-likeness (QED) is 0.650. The van der Waals surface area contributed by atoms with Crippen molar-refractivity contribution in [3.05, 3.63) is 21.6 Å². The minimum atomic E-state index is -3.18. The van der Waals surface area contributed by atoms with Crippen molar-refractivity contribution >= 4 is 27.7 Å². The van der Waals surface area contributed by atoms with E-state index in [2.05, 4.69) is 4.98 Å². The normalized spacial score (nSPS) is 23.5. The maximum atomic E-state index is 13.0. The molecule has 4 rings (SSSR count). The lowest BCUT2D eigenvalue weighted by molar-refractivity contribution is -0.136. The third kappa shape index (κ3) is 3.50. The predicted octanol–water partition coefficient (Wildman–Crippen LogP) is 0.472. The van der Waals surface area contributed by atoms with Crippen molar-refractivity contribution < 1.29 is 13.2 Å². The van der Waals surface area contributed by atoms with Gasteiger partial charge in [0.25, 0.3) is 5.56 Å². The number of sulfonamides is 1. The van der Waals surface area contributed by atoms with E-state index >= 15 is 0 Å². The number of aromatic nitrogens is 2. The highest BCUT2D eigenvalue weighted by Gasteiger charge is 2.42. The minimum absolute atomic E-state index is 0.00661. The van der Waals surface area contributed by atoms with Crippen molar-refractivity contribution in [2.45, 2.75) is 50.1 Å². The Labute approximate surface area is 169 Å². The summed E-state index contributed by atoms with van der Waals surface area (Å²) < 4.78 is 27.9. The summed E-state index contributed by atoms with van der Waals surface area (Å²) in [7, 11) is -3.18. The maximum Gasteiger partial charge on any atom is 0.257 e. The molecule has 10 heteroatoms. The van der Waals surface area contributed by atoms with Gasteiger partial charge in [-0.05, 0) is 26.2 Å². The number of piperazine rings is 1. The van der Waals surface area contributed by atoms with Crippen LogP contribution in [0.4, 0.5) is 0 Å². The van der Waals surface area contributed by atoms with Gasteiger partial charge in [0.2, 0.25) is 15.9 Å². The van der Waals surface area contributed by atoms with Crippen molar-refractivity contribution in [3.63, 3.8) is 0 Å². The minimum Gasteiger partial charge on any atom is -0.340 e. The monoisotopic (exact) mass is 426 g/mol. The summed E-state index contributed by atoms with van der Waals surface area (Å²) in [4.78, 5) is 32.0. The largest absolute Gasteiger partial charge is 0.340 e. The Balaban J connectivity index is 1.44. The van der Waals surface area contributed by atoms with Gasteiger partial charge in [0, 0.05) is 49.7 Å². The van der Waals surface area contributed by atoms with Crippen LogP contribution in [-0.4, -0.2) is 70.3 Å². The van der Waals surface area contributed by atoms with E-state index in [0.717, 1.165) is 18.5 Å². The summed E-state index contributed by atoms with van der Waals surface area (Å²) in [5, 5.41) is 0.473. The summed E-state index contributed by atoms with van der Waals surface area (Å²) in [5.41, 5.74) is 1.43. The molecule has 1 saturated heterocycles. The molecular formula is C18H26N4O4S2. The molecule has 0 bridgehead atoms. The Hall–Kier alpha value is -1.39. The number of carbonyl (C=O) groups excluding carboxylic acids is 1. The van der Waals surface area contributed by atoms with Crippen LogP contribution in [0.1, 0.15) is 31.0 Å². The number of amides is 1. The molecule has 1 saturated carbocycles. The van der Waals surface area contributed by atoms with Crippen molar-refractivity contribution in [1.29, 1.82) is 0 Å². The lowest BCUT2D eigenvalue weighted by atomic mass is 10.1. The van der Waals surface area contributed by atoms with Crippen LogP contribution in [0.15, 0.2) is 9.95 Å². The Morgan fingerprint density at radius 3 is 2.50 bits per heavy atom. The van der Waals surface area contributed by atoms with Gasteiger partial charge in [-0.2, -0.15) is 4.31 Å². The van der Waals surface area contributed by atoms with Crippen molar-refractivity contribution in [2.75, 3.05) is 31.9 Å². The fourth-order valence-corrected chi connectivity index (χ4v) is 6.89. The number of rotatable bonds is 4. The van der Waals surface area contributed by atoms with Gasteiger partial charge in [0.05, 0.1) is 11.2 Å². The molecule has 154 valence electrons. The average molecular weight is 427 g/mol. The van der Waals surface area contributed by atoms with Crippen molar-refractivity contribution in [2.24, 2.45) is 5.92 Å². The molecule has 3 heterocycles. The number of nitrogens with zero attached hydrogens (tertiary/aromatic N) is 4. The van der Waals surface area contributed by atoms with Crippen LogP contribution >= 0.6 is 11.8 Å². The van der Waals surface area contributed by atoms with Gasteiger partial charge in [-0.25, -0.2) is 13.4 Å². The first-order valence-electron chi connectivity index (χ1n) is 9.83. The van der Waals surface area contributed by atoms with Crippen LogP contribution in [0.3, 0.4) is 0 Å². The fourth-order valence-electron chi connectivity index (χ4n) is 3.95. The van der Waals surface area contributed by atoms with E-state index in [9.17, 15) is 18.0 Å². The van der Waals surface area contributed by atoms with Gasteiger partial charge in [-0.15, -0.1) is 0 Å². The molecule has 0 radical (unpaired) electrons. The van der Waals surface area contributed by atoms with E-state index in [1.165, 1.54) is 16.1 Å². The van der Waals surface area contributed by atoms with Gasteiger partial charge < -0.3 is 4.90 Å². The van der Waals surface area contributed by atoms with Crippen molar-refractivity contribution in [3.8, 4) is 0 Å². The van der Waals surface area contributed by atoms with E-state index < -0.39 is 10.0 Å². The van der Waals surface area contributed by atoms with Crippen LogP contribution < -0.4 is 5.56 Å². The first kappa shape index (κ1) is 19.9. The predicted molar refractivity (Wildman–Crippen MR) is 107 cm³/mol. The molecule has 8 nitrogen and oxygen atoms in total. The smallest absolute Gasteiger partial charge is 0.257 e. The van der Waals surface area contributed by atoms with E-state index in [4.69, 9.17) is 0 Å². The average Bonchev–Trinajstić information content (AvgIpc) is 3.53. The molecule has 1 amide bonds. The van der Waals surface area contributed by atoms with E-state index in [-0.39, 0.29) is 22.6 Å². The summed E-state index contributed by atoms with van der Waals surface area (Å²) in [6, 6.07) is 0. The molecule has 1 aliphatic carbocycles. The highest BCUT2D eigenvalue weighted by atomic mass is 32.2. The number of hydrogen-bond donors (Lipinski definition) is 0. The van der Waals surface area contributed by atoms with Crippen LogP contribution in [0.2, 0.25) is 0 Å². The zero-order valence-electron chi connectivity index (χ0n) is 16.3. The number of aryl methyl sites for hydroxylation is 1. The van der Waals surface area contributed by atoms with Crippen LogP contribution in [0.25, 0.3) is 0 Å². The summed E-state index contributed by atoms with van der Waals surface area (Å²) in [6.45, 7) is 5.70. The van der Waals surface area contributed by atoms with E-state index in [1.54, 1.807) is 9.47 Å². The number of thioether (sulfide) groups is 1. The second-order valence-electron chi connectivity index (χ2n) is 7.70. The number of fused-ring (bicyclic) bond motifs is 1. The standard InChI is InChI=1S/C18H26N4O4S2/c1-3-15-12(2)19-18-22(17(15)24)10-13(11-27-18)16(23)20-6-8-21(9-7-20)28(25,26)14-4-5-14/h13-14H,3-11H2,1-2H3/t13-/m1/s1. The highest BCUT2D eigenvalue weighted by molar-refractivity contribution is 7.99. The molecule has 3 aliphatic rings. The number of carbonyl (C=O) groups is 1. The third-order valence-corrected chi connectivity index (χ3v) is 9.35. The molecule has 0 aromatic carbocycles. The first-order valence-corrected chi connectivity index (χ1v) is 12.3. The van der Waals surface area contributed by atoms with Crippen LogP contribution in [-0.2, 0) is 27.8 Å². The second-order valence-corrected chi connectivity index (χ2v) is 10.9. The van der Waals surface area contributed by atoms with Crippen LogP contribution in [0, 0.1) is 12.8 Å². The molecule has 28 heavy (non-hydrogen) atoms. The SMILES string of the molecule is CCc1c(C)nc2n(c1=O)C[C@@H](C(=O)N1CCN(S(=O)(=O)C3CC3)CC1)CS2. The molecule has 0 N–H and O–H groups in total. The number of hydrogen-bond acceptors (Lipinski definition) is 6. The molecular weight excluding hydrogens is 400 g/mol. The molecule has 2 aliphatic heterocycles. The lowest BCUT2D eigenvalue weighted by Gasteiger charge is -2.36. The van der Waals surface area contributed by atoms with E-state index in [1.807, 2.05) is 13.8 Å². The van der Waals surface area contributed by atoms with Gasteiger partial charge in [0.15, 0.2) is 5.16 Å². The molecule has 2 fully saturated rings. The molecule has 0 spiro atoms. The zero-order chi connectivity index (χ0) is 20.1. The fraction of sp³-hybridized carbons (Fsp3) is 0.722. The van der Waals surface area contributed by atoms with Gasteiger partial charge in [-0.1, -0.05) is 18.7 Å². The maximum absolute atomic E-state index is 13.0. The summed E-state index contributed by atoms with van der Waals surface area (Å²) in [6.07, 6.45) is 2.13. The Bertz CT molecular complexity index is 947. The van der Waals surface area contributed by atoms with Crippen molar-refractivity contribution in [1.82, 2.24) is 18.8 Å². The highest BCUT2D eigenvalue weighted by Crippen LogP contribution is 2.32. The molecule has 0 unspecified atom stereocenters. The summed E-state index contributed by atoms with van der Waals surface area (Å²) >= 11 is 1.45. The van der Waals surface area contributed by atoms with Crippen LogP contribution in [0.5, 0.6) is 0 Å². The van der Waals surface area contributed by atoms with Gasteiger partial charge in [-0.3, -0.25) is 14.2 Å². The zero-order valence-corrected chi connectivity index (χ0v) is 17.9. The molecule has 1 atom stereocenters.